The highest BCUT2D eigenvalue weighted by molar-refractivity contribution is 7.80. The molecule has 0 unspecified atom stereocenters. The fraction of sp³-hybridized carbons (Fsp3) is 0.667. The Morgan fingerprint density at radius 3 is 2.78 bits per heavy atom. The zero-order valence-electron chi connectivity index (χ0n) is 15.3. The summed E-state index contributed by atoms with van der Waals surface area (Å²) in [5.41, 5.74) is 5.77. The van der Waals surface area contributed by atoms with Gasteiger partial charge in [0.2, 0.25) is 5.91 Å². The van der Waals surface area contributed by atoms with Crippen molar-refractivity contribution >= 4 is 29.1 Å². The highest BCUT2D eigenvalue weighted by Gasteiger charge is 2.16. The van der Waals surface area contributed by atoms with Crippen molar-refractivity contribution in [2.24, 2.45) is 0 Å². The second kappa shape index (κ2) is 10.7. The highest BCUT2D eigenvalue weighted by Crippen LogP contribution is 2.11. The van der Waals surface area contributed by atoms with Crippen molar-refractivity contribution in [3.8, 4) is 0 Å². The summed E-state index contributed by atoms with van der Waals surface area (Å²) in [6, 6.07) is 1.37. The van der Waals surface area contributed by atoms with E-state index in [1.807, 2.05) is 0 Å². The zero-order valence-corrected chi connectivity index (χ0v) is 16.1. The van der Waals surface area contributed by atoms with Gasteiger partial charge in [-0.15, -0.1) is 0 Å². The zero-order chi connectivity index (χ0) is 19.6. The summed E-state index contributed by atoms with van der Waals surface area (Å²) in [6.45, 7) is 7.10. The van der Waals surface area contributed by atoms with Crippen LogP contribution in [0.2, 0.25) is 0 Å². The molecule has 1 aromatic rings. The topological polar surface area (TPSA) is 127 Å². The van der Waals surface area contributed by atoms with E-state index in [-0.39, 0.29) is 24.7 Å². The van der Waals surface area contributed by atoms with Gasteiger partial charge in [0.25, 0.3) is 0 Å². The first-order valence-electron chi connectivity index (χ1n) is 8.77. The molecule has 2 heterocycles. The maximum Gasteiger partial charge on any atom is 0.390 e. The van der Waals surface area contributed by atoms with Gasteiger partial charge < -0.3 is 20.2 Å². The number of nitrogens with zero attached hydrogens (tertiary/aromatic N) is 4. The van der Waals surface area contributed by atoms with Gasteiger partial charge in [-0.25, -0.2) is 0 Å². The van der Waals surface area contributed by atoms with Gasteiger partial charge in [-0.2, -0.15) is 4.68 Å². The van der Waals surface area contributed by atoms with E-state index in [0.29, 0.717) is 17.4 Å². The van der Waals surface area contributed by atoms with Crippen molar-refractivity contribution < 1.29 is 14.5 Å². The number of nitrogens with one attached hydrogen (secondary N) is 3. The molecule has 1 amide bonds. The summed E-state index contributed by atoms with van der Waals surface area (Å²) in [5.74, 6) is -0.515. The number of morpholine rings is 1. The molecular weight excluding hydrogens is 374 g/mol. The Labute approximate surface area is 162 Å². The molecule has 12 heteroatoms. The van der Waals surface area contributed by atoms with Crippen LogP contribution in [0.15, 0.2) is 6.07 Å². The van der Waals surface area contributed by atoms with Crippen LogP contribution < -0.4 is 16.2 Å². The van der Waals surface area contributed by atoms with Gasteiger partial charge in [-0.05, 0) is 37.0 Å². The molecule has 0 atom stereocenters. The average molecular weight is 399 g/mol. The molecule has 1 aromatic heterocycles. The average Bonchev–Trinajstić information content (AvgIpc) is 3.04. The lowest BCUT2D eigenvalue weighted by Gasteiger charge is -2.26. The van der Waals surface area contributed by atoms with E-state index in [9.17, 15) is 14.9 Å². The first-order chi connectivity index (χ1) is 13.0. The Hall–Kier alpha value is -2.31. The summed E-state index contributed by atoms with van der Waals surface area (Å²) >= 11 is 5.11. The van der Waals surface area contributed by atoms with Gasteiger partial charge in [0.05, 0.1) is 36.6 Å². The third kappa shape index (κ3) is 7.45. The lowest BCUT2D eigenvalue weighted by molar-refractivity contribution is -0.389. The number of aryl methyl sites for hydroxylation is 2. The molecule has 1 aliphatic rings. The molecule has 0 bridgehead atoms. The third-order valence-electron chi connectivity index (χ3n) is 4.06. The number of aromatic nitrogens is 2. The minimum Gasteiger partial charge on any atom is -0.379 e. The molecule has 0 aliphatic carbocycles. The number of hydrogen-bond acceptors (Lipinski definition) is 7. The van der Waals surface area contributed by atoms with Crippen LogP contribution in [0.1, 0.15) is 18.5 Å². The maximum atomic E-state index is 11.9. The molecule has 11 nitrogen and oxygen atoms in total. The maximum absolute atomic E-state index is 11.9. The van der Waals surface area contributed by atoms with Crippen LogP contribution in [-0.4, -0.2) is 70.0 Å². The summed E-state index contributed by atoms with van der Waals surface area (Å²) in [6.07, 6.45) is 1.06. The normalized spacial score (nSPS) is 14.6. The molecule has 0 radical (unpaired) electrons. The van der Waals surface area contributed by atoms with Crippen LogP contribution in [0, 0.1) is 17.0 Å². The first kappa shape index (κ1) is 21.0. The largest absolute Gasteiger partial charge is 0.390 e. The van der Waals surface area contributed by atoms with E-state index < -0.39 is 4.92 Å². The molecule has 1 aliphatic heterocycles. The van der Waals surface area contributed by atoms with E-state index in [0.717, 1.165) is 39.3 Å². The van der Waals surface area contributed by atoms with E-state index >= 15 is 0 Å². The quantitative estimate of drug-likeness (QED) is 0.234. The van der Waals surface area contributed by atoms with Crippen LogP contribution in [0.3, 0.4) is 0 Å². The molecular formula is C15H25N7O4S. The Kier molecular flexibility index (Phi) is 8.36. The van der Waals surface area contributed by atoms with Crippen LogP contribution in [0.5, 0.6) is 0 Å². The van der Waals surface area contributed by atoms with E-state index in [2.05, 4.69) is 26.2 Å². The summed E-state index contributed by atoms with van der Waals surface area (Å²) in [4.78, 5) is 24.3. The van der Waals surface area contributed by atoms with Crippen molar-refractivity contribution in [2.75, 3.05) is 39.4 Å². The molecule has 3 N–H and O–H groups in total. The molecule has 0 aromatic carbocycles. The van der Waals surface area contributed by atoms with Gasteiger partial charge in [0.15, 0.2) is 5.11 Å². The number of thiocarbonyl (C=S) groups is 1. The summed E-state index contributed by atoms with van der Waals surface area (Å²) < 4.78 is 6.73. The fourth-order valence-electron chi connectivity index (χ4n) is 2.58. The van der Waals surface area contributed by atoms with Gasteiger partial charge >= 0.3 is 5.82 Å². The Morgan fingerprint density at radius 1 is 1.37 bits per heavy atom. The summed E-state index contributed by atoms with van der Waals surface area (Å²) in [5, 5.41) is 17.9. The van der Waals surface area contributed by atoms with E-state index in [1.165, 1.54) is 10.7 Å². The predicted octanol–water partition coefficient (Wildman–Crippen LogP) is -0.293. The van der Waals surface area contributed by atoms with Crippen LogP contribution in [-0.2, 0) is 16.1 Å². The van der Waals surface area contributed by atoms with E-state index in [4.69, 9.17) is 17.0 Å². The molecule has 1 fully saturated rings. The molecule has 0 saturated carbocycles. The van der Waals surface area contributed by atoms with Crippen molar-refractivity contribution in [1.82, 2.24) is 30.8 Å². The SMILES string of the molecule is Cc1cc([N+](=O)[O-])nn1CCC(=O)NNC(=S)NCCCN1CCOCC1. The number of hydrogen-bond donors (Lipinski definition) is 3. The van der Waals surface area contributed by atoms with Crippen molar-refractivity contribution in [3.63, 3.8) is 0 Å². The minimum absolute atomic E-state index is 0.117. The van der Waals surface area contributed by atoms with Crippen molar-refractivity contribution in [2.45, 2.75) is 26.3 Å². The minimum atomic E-state index is -0.561. The van der Waals surface area contributed by atoms with Crippen molar-refractivity contribution in [3.05, 3.63) is 21.9 Å². The molecule has 2 rings (SSSR count). The number of nitro groups is 1. The summed E-state index contributed by atoms with van der Waals surface area (Å²) in [7, 11) is 0. The van der Waals surface area contributed by atoms with Gasteiger partial charge in [-0.1, -0.05) is 0 Å². The fourth-order valence-corrected chi connectivity index (χ4v) is 2.73. The highest BCUT2D eigenvalue weighted by atomic mass is 32.1. The number of amides is 1. The van der Waals surface area contributed by atoms with Gasteiger partial charge in [-0.3, -0.25) is 20.5 Å². The molecule has 1 saturated heterocycles. The lowest BCUT2D eigenvalue weighted by Crippen LogP contribution is -2.47. The second-order valence-corrected chi connectivity index (χ2v) is 6.52. The standard InChI is InChI=1S/C15H25N7O4S/c1-12-11-13(22(24)25)19-21(12)6-3-14(23)17-18-15(27)16-4-2-5-20-7-9-26-10-8-20/h11H,2-10H2,1H3,(H,17,23)(H2,16,18,27). The second-order valence-electron chi connectivity index (χ2n) is 6.11. The van der Waals surface area contributed by atoms with Crippen LogP contribution in [0.4, 0.5) is 5.82 Å². The van der Waals surface area contributed by atoms with Gasteiger partial charge in [0, 0.05) is 26.1 Å². The number of carbonyl (C=O) groups excluding carboxylic acids is 1. The Morgan fingerprint density at radius 2 is 2.11 bits per heavy atom. The number of carbonyl (C=O) groups is 1. The van der Waals surface area contributed by atoms with Crippen LogP contribution >= 0.6 is 12.2 Å². The van der Waals surface area contributed by atoms with E-state index in [1.54, 1.807) is 6.92 Å². The first-order valence-corrected chi connectivity index (χ1v) is 9.18. The smallest absolute Gasteiger partial charge is 0.379 e. The number of ether oxygens (including phenoxy) is 1. The number of rotatable bonds is 8. The monoisotopic (exact) mass is 399 g/mol. The van der Waals surface area contributed by atoms with Gasteiger partial charge in [0.1, 0.15) is 0 Å². The van der Waals surface area contributed by atoms with Crippen LogP contribution in [0.25, 0.3) is 0 Å². The Balaban J connectivity index is 1.56. The third-order valence-corrected chi connectivity index (χ3v) is 4.31. The number of hydrazine groups is 1. The molecule has 150 valence electrons. The van der Waals surface area contributed by atoms with Crippen molar-refractivity contribution in [1.29, 1.82) is 0 Å². The molecule has 27 heavy (non-hydrogen) atoms. The molecule has 0 spiro atoms. The Bertz CT molecular complexity index is 661. The lowest BCUT2D eigenvalue weighted by atomic mass is 10.3. The predicted molar refractivity (Wildman–Crippen MR) is 102 cm³/mol.